The van der Waals surface area contributed by atoms with Crippen molar-refractivity contribution >= 4 is 5.78 Å². The van der Waals surface area contributed by atoms with Crippen molar-refractivity contribution in [3.05, 3.63) is 24.3 Å². The highest BCUT2D eigenvalue weighted by Gasteiger charge is 2.17. The highest BCUT2D eigenvalue weighted by Crippen LogP contribution is 2.02. The first-order valence-corrected chi connectivity index (χ1v) is 5.45. The van der Waals surface area contributed by atoms with Crippen LogP contribution in [0.3, 0.4) is 0 Å². The maximum Gasteiger partial charge on any atom is 0.179 e. The molecular formula is C11H16N4O. The van der Waals surface area contributed by atoms with Crippen molar-refractivity contribution in [2.24, 2.45) is 0 Å². The lowest BCUT2D eigenvalue weighted by Gasteiger charge is -2.31. The molecule has 2 rings (SSSR count). The maximum atomic E-state index is 11.9. The van der Waals surface area contributed by atoms with E-state index in [1.807, 2.05) is 0 Å². The molecule has 0 atom stereocenters. The van der Waals surface area contributed by atoms with Gasteiger partial charge in [-0.3, -0.25) is 9.69 Å². The molecular weight excluding hydrogens is 204 g/mol. The van der Waals surface area contributed by atoms with Gasteiger partial charge in [-0.25, -0.2) is 9.97 Å². The molecule has 1 aromatic rings. The molecule has 1 fully saturated rings. The van der Waals surface area contributed by atoms with Crippen molar-refractivity contribution in [2.75, 3.05) is 39.8 Å². The molecule has 16 heavy (non-hydrogen) atoms. The Morgan fingerprint density at radius 3 is 2.50 bits per heavy atom. The number of aromatic nitrogens is 2. The number of rotatable bonds is 3. The summed E-state index contributed by atoms with van der Waals surface area (Å²) in [6, 6.07) is 0. The van der Waals surface area contributed by atoms with E-state index in [1.54, 1.807) is 12.4 Å². The normalized spacial score (nSPS) is 18.6. The SMILES string of the molecule is CN1CCN(CC(=O)c2cncnc2)CC1. The van der Waals surface area contributed by atoms with E-state index in [1.165, 1.54) is 6.33 Å². The number of hydrogen-bond donors (Lipinski definition) is 0. The Morgan fingerprint density at radius 1 is 1.25 bits per heavy atom. The van der Waals surface area contributed by atoms with Gasteiger partial charge in [-0.15, -0.1) is 0 Å². The van der Waals surface area contributed by atoms with Crippen LogP contribution in [0.2, 0.25) is 0 Å². The first-order chi connectivity index (χ1) is 7.75. The highest BCUT2D eigenvalue weighted by molar-refractivity contribution is 5.97. The minimum absolute atomic E-state index is 0.102. The second-order valence-electron chi connectivity index (χ2n) is 4.13. The van der Waals surface area contributed by atoms with Crippen LogP contribution in [-0.4, -0.2) is 65.3 Å². The van der Waals surface area contributed by atoms with E-state index in [9.17, 15) is 4.79 Å². The van der Waals surface area contributed by atoms with Crippen molar-refractivity contribution in [1.82, 2.24) is 19.8 Å². The van der Waals surface area contributed by atoms with Crippen LogP contribution in [0.1, 0.15) is 10.4 Å². The van der Waals surface area contributed by atoms with Gasteiger partial charge in [-0.1, -0.05) is 0 Å². The predicted molar refractivity (Wildman–Crippen MR) is 60.3 cm³/mol. The molecule has 0 saturated carbocycles. The van der Waals surface area contributed by atoms with E-state index in [2.05, 4.69) is 26.8 Å². The number of piperazine rings is 1. The van der Waals surface area contributed by atoms with Crippen LogP contribution in [0.15, 0.2) is 18.7 Å². The van der Waals surface area contributed by atoms with E-state index < -0.39 is 0 Å². The fourth-order valence-corrected chi connectivity index (χ4v) is 1.74. The van der Waals surface area contributed by atoms with Gasteiger partial charge in [0.2, 0.25) is 0 Å². The van der Waals surface area contributed by atoms with Crippen molar-refractivity contribution in [2.45, 2.75) is 0 Å². The van der Waals surface area contributed by atoms with Crippen LogP contribution in [-0.2, 0) is 0 Å². The lowest BCUT2D eigenvalue weighted by Crippen LogP contribution is -2.46. The zero-order chi connectivity index (χ0) is 11.4. The Bertz CT molecular complexity index is 346. The molecule has 0 aromatic carbocycles. The lowest BCUT2D eigenvalue weighted by molar-refractivity contribution is 0.0875. The summed E-state index contributed by atoms with van der Waals surface area (Å²) in [5.74, 6) is 0.102. The van der Waals surface area contributed by atoms with Gasteiger partial charge < -0.3 is 4.90 Å². The number of nitrogens with zero attached hydrogens (tertiary/aromatic N) is 4. The molecule has 5 heteroatoms. The number of carbonyl (C=O) groups is 1. The van der Waals surface area contributed by atoms with Crippen molar-refractivity contribution in [1.29, 1.82) is 0 Å². The quantitative estimate of drug-likeness (QED) is 0.666. The number of hydrogen-bond acceptors (Lipinski definition) is 5. The fraction of sp³-hybridized carbons (Fsp3) is 0.545. The van der Waals surface area contributed by atoms with Gasteiger partial charge in [-0.05, 0) is 7.05 Å². The maximum absolute atomic E-state index is 11.9. The fourth-order valence-electron chi connectivity index (χ4n) is 1.74. The molecule has 0 radical (unpaired) electrons. The Morgan fingerprint density at radius 2 is 1.88 bits per heavy atom. The second-order valence-corrected chi connectivity index (χ2v) is 4.13. The molecule has 1 aliphatic heterocycles. The van der Waals surface area contributed by atoms with Gasteiger partial charge in [0.25, 0.3) is 0 Å². The second kappa shape index (κ2) is 5.14. The van der Waals surface area contributed by atoms with E-state index >= 15 is 0 Å². The van der Waals surface area contributed by atoms with Gasteiger partial charge in [0, 0.05) is 38.6 Å². The standard InChI is InChI=1S/C11H16N4O/c1-14-2-4-15(5-3-14)8-11(16)10-6-12-9-13-7-10/h6-7,9H,2-5,8H2,1H3. The predicted octanol–water partition coefficient (Wildman–Crippen LogP) is -0.0933. The molecule has 1 saturated heterocycles. The highest BCUT2D eigenvalue weighted by atomic mass is 16.1. The van der Waals surface area contributed by atoms with Crippen LogP contribution in [0.25, 0.3) is 0 Å². The molecule has 86 valence electrons. The summed E-state index contributed by atoms with van der Waals surface area (Å²) in [6.07, 6.45) is 4.59. The van der Waals surface area contributed by atoms with E-state index in [-0.39, 0.29) is 5.78 Å². The number of carbonyl (C=O) groups excluding carboxylic acids is 1. The molecule has 1 aliphatic rings. The third-order valence-electron chi connectivity index (χ3n) is 2.85. The van der Waals surface area contributed by atoms with Gasteiger partial charge >= 0.3 is 0 Å². The average Bonchev–Trinajstić information content (AvgIpc) is 2.33. The molecule has 0 aliphatic carbocycles. The first kappa shape index (κ1) is 11.2. The Hall–Kier alpha value is -1.33. The number of likely N-dealkylation sites (N-methyl/N-ethyl adjacent to an activating group) is 1. The summed E-state index contributed by atoms with van der Waals surface area (Å²) in [5, 5.41) is 0. The van der Waals surface area contributed by atoms with Gasteiger partial charge in [0.1, 0.15) is 6.33 Å². The summed E-state index contributed by atoms with van der Waals surface area (Å²) in [4.78, 5) is 24.0. The summed E-state index contributed by atoms with van der Waals surface area (Å²) >= 11 is 0. The summed E-state index contributed by atoms with van der Waals surface area (Å²) in [6.45, 7) is 4.43. The van der Waals surface area contributed by atoms with Crippen LogP contribution in [0, 0.1) is 0 Å². The van der Waals surface area contributed by atoms with Gasteiger partial charge in [-0.2, -0.15) is 0 Å². The molecule has 0 unspecified atom stereocenters. The van der Waals surface area contributed by atoms with Crippen molar-refractivity contribution < 1.29 is 4.79 Å². The Kier molecular flexibility index (Phi) is 3.58. The van der Waals surface area contributed by atoms with Crippen LogP contribution >= 0.6 is 0 Å². The summed E-state index contributed by atoms with van der Waals surface area (Å²) < 4.78 is 0. The van der Waals surface area contributed by atoms with Crippen LogP contribution in [0.5, 0.6) is 0 Å². The molecule has 0 bridgehead atoms. The molecule has 5 nitrogen and oxygen atoms in total. The van der Waals surface area contributed by atoms with Gasteiger partial charge in [0.15, 0.2) is 5.78 Å². The lowest BCUT2D eigenvalue weighted by atomic mass is 10.2. The Labute approximate surface area is 95.1 Å². The largest absolute Gasteiger partial charge is 0.304 e. The Balaban J connectivity index is 1.88. The zero-order valence-corrected chi connectivity index (χ0v) is 9.46. The van der Waals surface area contributed by atoms with Crippen molar-refractivity contribution in [3.63, 3.8) is 0 Å². The number of ketones is 1. The van der Waals surface area contributed by atoms with Gasteiger partial charge in [0.05, 0.1) is 12.1 Å². The van der Waals surface area contributed by atoms with Crippen molar-refractivity contribution in [3.8, 4) is 0 Å². The monoisotopic (exact) mass is 220 g/mol. The first-order valence-electron chi connectivity index (χ1n) is 5.45. The minimum Gasteiger partial charge on any atom is -0.304 e. The summed E-state index contributed by atoms with van der Waals surface area (Å²) in [7, 11) is 2.10. The molecule has 0 N–H and O–H groups in total. The average molecular weight is 220 g/mol. The minimum atomic E-state index is 0.102. The van der Waals surface area contributed by atoms with Crippen LogP contribution in [0.4, 0.5) is 0 Å². The number of Topliss-reactive ketones (excluding diaryl/α,β-unsaturated/α-hetero) is 1. The molecule has 2 heterocycles. The molecule has 0 amide bonds. The smallest absolute Gasteiger partial charge is 0.179 e. The van der Waals surface area contributed by atoms with Crippen LogP contribution < -0.4 is 0 Å². The topological polar surface area (TPSA) is 49.3 Å². The zero-order valence-electron chi connectivity index (χ0n) is 9.46. The van der Waals surface area contributed by atoms with E-state index in [0.29, 0.717) is 12.1 Å². The third-order valence-corrected chi connectivity index (χ3v) is 2.85. The molecule has 0 spiro atoms. The molecule has 1 aromatic heterocycles. The summed E-state index contributed by atoms with van der Waals surface area (Å²) in [5.41, 5.74) is 0.599. The third kappa shape index (κ3) is 2.84. The van der Waals surface area contributed by atoms with E-state index in [4.69, 9.17) is 0 Å². The van der Waals surface area contributed by atoms with E-state index in [0.717, 1.165) is 26.2 Å².